The molecular weight excluding hydrogens is 478 g/mol. The highest BCUT2D eigenvalue weighted by Gasteiger charge is 2.42. The highest BCUT2D eigenvalue weighted by molar-refractivity contribution is 5.44. The fraction of sp³-hybridized carbons (Fsp3) is 0.542. The average molecular weight is 504 g/mol. The Labute approximate surface area is 198 Å². The molecule has 2 aromatic rings. The van der Waals surface area contributed by atoms with E-state index in [0.717, 1.165) is 43.7 Å². The summed E-state index contributed by atoms with van der Waals surface area (Å²) in [5.41, 5.74) is -1.66. The Hall–Kier alpha value is -2.69. The summed E-state index contributed by atoms with van der Waals surface area (Å²) in [4.78, 5) is 9.67. The SMILES string of the molecule is CCCOc1cc(C(F)(F)F)ccc1OC1CC2CCCC(C1)N2Oc1ccc(C(F)(F)F)cn1. The van der Waals surface area contributed by atoms with E-state index >= 15 is 0 Å². The molecule has 2 aliphatic rings. The number of alkyl halides is 6. The standard InChI is InChI=1S/C24H26F6N2O3/c1-2-10-33-21-11-15(23(25,26)27)6-8-20(21)34-19-12-17-4-3-5-18(13-19)32(17)35-22-9-7-16(14-31-22)24(28,29)30/h6-9,11,14,17-19H,2-5,10,12-13H2,1H3. The molecule has 0 amide bonds. The van der Waals surface area contributed by atoms with E-state index < -0.39 is 23.5 Å². The average Bonchev–Trinajstić information content (AvgIpc) is 2.78. The summed E-state index contributed by atoms with van der Waals surface area (Å²) in [5.74, 6) is 0.389. The van der Waals surface area contributed by atoms with Gasteiger partial charge in [0.1, 0.15) is 6.10 Å². The fourth-order valence-electron chi connectivity index (χ4n) is 4.53. The number of piperidine rings is 2. The van der Waals surface area contributed by atoms with Crippen molar-refractivity contribution in [2.75, 3.05) is 6.61 Å². The van der Waals surface area contributed by atoms with Crippen LogP contribution in [0.25, 0.3) is 0 Å². The zero-order valence-corrected chi connectivity index (χ0v) is 19.0. The molecule has 5 nitrogen and oxygen atoms in total. The van der Waals surface area contributed by atoms with Crippen LogP contribution >= 0.6 is 0 Å². The minimum atomic E-state index is -4.49. The number of halogens is 6. The summed E-state index contributed by atoms with van der Waals surface area (Å²) in [6.07, 6.45) is -4.22. The topological polar surface area (TPSA) is 43.8 Å². The Kier molecular flexibility index (Phi) is 7.35. The van der Waals surface area contributed by atoms with E-state index in [4.69, 9.17) is 14.3 Å². The lowest BCUT2D eigenvalue weighted by molar-refractivity contribution is -0.185. The van der Waals surface area contributed by atoms with E-state index in [1.165, 1.54) is 12.1 Å². The first kappa shape index (κ1) is 25.4. The Balaban J connectivity index is 1.45. The van der Waals surface area contributed by atoms with Crippen molar-refractivity contribution in [2.24, 2.45) is 0 Å². The highest BCUT2D eigenvalue weighted by Crippen LogP contribution is 2.40. The van der Waals surface area contributed by atoms with E-state index in [0.29, 0.717) is 19.3 Å². The predicted octanol–water partition coefficient (Wildman–Crippen LogP) is 6.67. The molecule has 0 aliphatic carbocycles. The van der Waals surface area contributed by atoms with Crippen LogP contribution in [-0.2, 0) is 12.4 Å². The molecule has 2 aliphatic heterocycles. The normalized spacial score (nSPS) is 23.1. The molecule has 1 aromatic heterocycles. The van der Waals surface area contributed by atoms with E-state index in [1.807, 2.05) is 6.92 Å². The Morgan fingerprint density at radius 3 is 2.14 bits per heavy atom. The first-order valence-electron chi connectivity index (χ1n) is 11.5. The zero-order chi connectivity index (χ0) is 25.2. The molecule has 2 atom stereocenters. The number of hydroxylamine groups is 2. The molecule has 2 fully saturated rings. The van der Waals surface area contributed by atoms with Crippen LogP contribution < -0.4 is 14.3 Å². The molecule has 192 valence electrons. The number of aromatic nitrogens is 1. The minimum absolute atomic E-state index is 0.0551. The van der Waals surface area contributed by atoms with E-state index in [-0.39, 0.29) is 42.2 Å². The van der Waals surface area contributed by atoms with Gasteiger partial charge in [-0.3, -0.25) is 0 Å². The molecule has 2 bridgehead atoms. The monoisotopic (exact) mass is 504 g/mol. The predicted molar refractivity (Wildman–Crippen MR) is 114 cm³/mol. The third-order valence-electron chi connectivity index (χ3n) is 6.15. The second-order valence-corrected chi connectivity index (χ2v) is 8.79. The van der Waals surface area contributed by atoms with Crippen molar-refractivity contribution in [3.8, 4) is 17.4 Å². The molecule has 3 heterocycles. The van der Waals surface area contributed by atoms with Crippen LogP contribution in [-0.4, -0.2) is 34.8 Å². The van der Waals surface area contributed by atoms with Gasteiger partial charge in [0.15, 0.2) is 11.5 Å². The van der Waals surface area contributed by atoms with Crippen molar-refractivity contribution >= 4 is 0 Å². The second kappa shape index (κ2) is 10.1. The molecule has 1 aromatic carbocycles. The van der Waals surface area contributed by atoms with E-state index in [1.54, 1.807) is 5.06 Å². The maximum Gasteiger partial charge on any atom is 0.417 e. The molecule has 0 saturated carbocycles. The number of fused-ring (bicyclic) bond motifs is 2. The molecule has 0 N–H and O–H groups in total. The van der Waals surface area contributed by atoms with Crippen LogP contribution in [0, 0.1) is 0 Å². The van der Waals surface area contributed by atoms with E-state index in [9.17, 15) is 26.3 Å². The van der Waals surface area contributed by atoms with Gasteiger partial charge in [0.2, 0.25) is 5.88 Å². The Morgan fingerprint density at radius 2 is 1.57 bits per heavy atom. The van der Waals surface area contributed by atoms with Gasteiger partial charge < -0.3 is 14.3 Å². The van der Waals surface area contributed by atoms with Crippen LogP contribution in [0.1, 0.15) is 56.6 Å². The number of hydrogen-bond acceptors (Lipinski definition) is 5. The molecule has 35 heavy (non-hydrogen) atoms. The maximum atomic E-state index is 13.2. The lowest BCUT2D eigenvalue weighted by Crippen LogP contribution is -2.55. The molecule has 2 saturated heterocycles. The van der Waals surface area contributed by atoms with Gasteiger partial charge in [-0.05, 0) is 43.5 Å². The number of hydrogen-bond donors (Lipinski definition) is 0. The molecule has 0 radical (unpaired) electrons. The lowest BCUT2D eigenvalue weighted by Gasteiger charge is -2.46. The first-order valence-corrected chi connectivity index (χ1v) is 11.5. The number of rotatable bonds is 7. The Morgan fingerprint density at radius 1 is 0.914 bits per heavy atom. The van der Waals surface area contributed by atoms with Gasteiger partial charge >= 0.3 is 12.4 Å². The van der Waals surface area contributed by atoms with Crippen molar-refractivity contribution in [1.29, 1.82) is 0 Å². The second-order valence-electron chi connectivity index (χ2n) is 8.79. The fourth-order valence-corrected chi connectivity index (χ4v) is 4.53. The lowest BCUT2D eigenvalue weighted by atomic mass is 9.84. The van der Waals surface area contributed by atoms with E-state index in [2.05, 4.69) is 4.98 Å². The summed E-state index contributed by atoms with van der Waals surface area (Å²) in [7, 11) is 0. The molecule has 0 spiro atoms. The molecular formula is C24H26F6N2O3. The summed E-state index contributed by atoms with van der Waals surface area (Å²) in [6.45, 7) is 2.12. The quantitative estimate of drug-likeness (QED) is 0.394. The van der Waals surface area contributed by atoms with Crippen molar-refractivity contribution in [3.05, 3.63) is 47.7 Å². The smallest absolute Gasteiger partial charge is 0.417 e. The Bertz CT molecular complexity index is 982. The zero-order valence-electron chi connectivity index (χ0n) is 19.0. The van der Waals surface area contributed by atoms with Crippen LogP contribution in [0.15, 0.2) is 36.5 Å². The number of nitrogens with zero attached hydrogens (tertiary/aromatic N) is 2. The van der Waals surface area contributed by atoms with Crippen LogP contribution in [0.5, 0.6) is 17.4 Å². The van der Waals surface area contributed by atoms with Gasteiger partial charge in [0, 0.05) is 37.2 Å². The molecule has 4 rings (SSSR count). The number of benzene rings is 1. The third-order valence-corrected chi connectivity index (χ3v) is 6.15. The van der Waals surface area contributed by atoms with Crippen molar-refractivity contribution in [1.82, 2.24) is 10.0 Å². The summed E-state index contributed by atoms with van der Waals surface area (Å²) in [5, 5.41) is 1.78. The van der Waals surface area contributed by atoms with Gasteiger partial charge in [-0.2, -0.15) is 26.3 Å². The van der Waals surface area contributed by atoms with Crippen molar-refractivity contribution in [2.45, 2.75) is 76.0 Å². The van der Waals surface area contributed by atoms with Crippen LogP contribution in [0.2, 0.25) is 0 Å². The minimum Gasteiger partial charge on any atom is -0.490 e. The highest BCUT2D eigenvalue weighted by atomic mass is 19.4. The van der Waals surface area contributed by atoms with Gasteiger partial charge in [0.05, 0.1) is 17.7 Å². The number of ether oxygens (including phenoxy) is 2. The molecule has 2 unspecified atom stereocenters. The van der Waals surface area contributed by atoms with Crippen molar-refractivity contribution < 1.29 is 40.7 Å². The largest absolute Gasteiger partial charge is 0.490 e. The van der Waals surface area contributed by atoms with Crippen LogP contribution in [0.4, 0.5) is 26.3 Å². The molecule has 11 heteroatoms. The van der Waals surface area contributed by atoms with Gasteiger partial charge in [-0.1, -0.05) is 13.3 Å². The summed E-state index contributed by atoms with van der Waals surface area (Å²) in [6, 6.07) is 5.22. The third kappa shape index (κ3) is 6.12. The van der Waals surface area contributed by atoms with Crippen molar-refractivity contribution in [3.63, 3.8) is 0 Å². The summed E-state index contributed by atoms with van der Waals surface area (Å²) < 4.78 is 89.5. The summed E-state index contributed by atoms with van der Waals surface area (Å²) >= 11 is 0. The maximum absolute atomic E-state index is 13.2. The van der Waals surface area contributed by atoms with Gasteiger partial charge in [-0.25, -0.2) is 4.98 Å². The number of pyridine rings is 1. The van der Waals surface area contributed by atoms with Gasteiger partial charge in [0.25, 0.3) is 0 Å². The first-order chi connectivity index (χ1) is 16.5. The van der Waals surface area contributed by atoms with Crippen LogP contribution in [0.3, 0.4) is 0 Å². The van der Waals surface area contributed by atoms with Gasteiger partial charge in [-0.15, -0.1) is 5.06 Å².